The molecule has 4 nitrogen and oxygen atoms in total. The average Bonchev–Trinajstić information content (AvgIpc) is 1.67. The molecule has 8 aromatic rings. The molecule has 0 saturated carbocycles. The van der Waals surface area contributed by atoms with Crippen LogP contribution in [0.15, 0.2) is 169 Å². The Balaban J connectivity index is 0.000000220. The van der Waals surface area contributed by atoms with E-state index in [2.05, 4.69) is 234 Å². The van der Waals surface area contributed by atoms with Gasteiger partial charge in [-0.3, -0.25) is 0 Å². The number of aliphatic hydroxyl groups is 2. The third-order valence-electron chi connectivity index (χ3n) is 18.1. The molecule has 4 unspecified atom stereocenters. The Morgan fingerprint density at radius 2 is 0.618 bits per heavy atom. The molecule has 6 aromatic carbocycles. The van der Waals surface area contributed by atoms with Crippen molar-refractivity contribution >= 4 is 54.8 Å². The SMILES string of the molecule is CC(C)(C)CC(C)(C)C1=CC(F)(n2c3ccc(C(C)(C)C)cc3c3cc(C(C)(C)C)ccc32)C(O)C(c2ccccc2)=C1.CC(C)(C)CC(C)(C)C1=CC(F)(n2c3ccc(C(C)(C)C)cc3c3cc(C(C)(C)C)ccc32)C(O)C(c2ccccc2)=C1.[CH3][Hf][CH3]. The van der Waals surface area contributed by atoms with Crippen molar-refractivity contribution in [1.29, 1.82) is 0 Å². The molecule has 2 aliphatic rings. The van der Waals surface area contributed by atoms with E-state index in [9.17, 15) is 10.2 Å². The van der Waals surface area contributed by atoms with E-state index in [0.717, 1.165) is 78.7 Å². The second-order valence-electron chi connectivity index (χ2n) is 33.7. The first-order chi connectivity index (χ1) is 40.9. The van der Waals surface area contributed by atoms with Crippen LogP contribution in [0.2, 0.25) is 9.36 Å². The predicted octanol–water partition coefficient (Wildman–Crippen LogP) is 22.9. The molecule has 2 N–H and O–H groups in total. The Bertz CT molecular complexity index is 3610. The van der Waals surface area contributed by atoms with Crippen molar-refractivity contribution in [3.05, 3.63) is 202 Å². The minimum atomic E-state index is -2.21. The topological polar surface area (TPSA) is 50.3 Å². The number of allylic oxidation sites excluding steroid dienone is 4. The van der Waals surface area contributed by atoms with Crippen LogP contribution in [-0.2, 0) is 56.2 Å². The van der Waals surface area contributed by atoms with E-state index in [-0.39, 0.29) is 66.2 Å². The summed E-state index contributed by atoms with van der Waals surface area (Å²) in [5.74, 6) is -4.42. The summed E-state index contributed by atoms with van der Waals surface area (Å²) in [6.07, 6.45) is 6.44. The van der Waals surface area contributed by atoms with Gasteiger partial charge in [0.05, 0.1) is 22.1 Å². The predicted molar refractivity (Wildman–Crippen MR) is 376 cm³/mol. The van der Waals surface area contributed by atoms with E-state index in [1.54, 1.807) is 21.3 Å². The monoisotopic (exact) mass is 1370 g/mol. The molecule has 2 aromatic heterocycles. The number of fused-ring (bicyclic) bond motifs is 6. The van der Waals surface area contributed by atoms with Crippen LogP contribution in [0.5, 0.6) is 0 Å². The van der Waals surface area contributed by atoms with Gasteiger partial charge >= 0.3 is 32.3 Å². The Labute approximate surface area is 546 Å². The van der Waals surface area contributed by atoms with Gasteiger partial charge in [0, 0.05) is 21.5 Å². The molecule has 0 amide bonds. The summed E-state index contributed by atoms with van der Waals surface area (Å²) < 4.78 is 45.0. The molecule has 0 aliphatic heterocycles. The summed E-state index contributed by atoms with van der Waals surface area (Å²) in [6, 6.07) is 45.1. The molecule has 2 aliphatic carbocycles. The van der Waals surface area contributed by atoms with Gasteiger partial charge < -0.3 is 19.3 Å². The van der Waals surface area contributed by atoms with E-state index in [4.69, 9.17) is 0 Å². The van der Waals surface area contributed by atoms with Crippen molar-refractivity contribution in [3.63, 3.8) is 0 Å². The summed E-state index contributed by atoms with van der Waals surface area (Å²) in [7, 11) is 0. The van der Waals surface area contributed by atoms with Crippen molar-refractivity contribution in [2.24, 2.45) is 21.7 Å². The molecule has 4 atom stereocenters. The summed E-state index contributed by atoms with van der Waals surface area (Å²) in [5, 5.41) is 28.3. The van der Waals surface area contributed by atoms with Crippen LogP contribution in [0.25, 0.3) is 54.8 Å². The van der Waals surface area contributed by atoms with Crippen LogP contribution in [0.1, 0.15) is 199 Å². The van der Waals surface area contributed by atoms with Crippen molar-refractivity contribution < 1.29 is 41.9 Å². The molecule has 10 rings (SSSR count). The zero-order valence-corrected chi connectivity index (χ0v) is 62.2. The molecular formula is C82H106F2HfN2O2. The van der Waals surface area contributed by atoms with Gasteiger partial charge in [0.2, 0.25) is 11.6 Å². The zero-order valence-electron chi connectivity index (χ0n) is 58.6. The fraction of sp³-hybridized carbons (Fsp3) is 0.463. The molecule has 0 saturated heterocycles. The fourth-order valence-electron chi connectivity index (χ4n) is 14.0. The van der Waals surface area contributed by atoms with Crippen LogP contribution in [0.3, 0.4) is 0 Å². The van der Waals surface area contributed by atoms with Crippen LogP contribution in [0, 0.1) is 21.7 Å². The quantitative estimate of drug-likeness (QED) is 0.149. The second-order valence-corrected chi connectivity index (χ2v) is 37.3. The molecule has 2 heterocycles. The van der Waals surface area contributed by atoms with Crippen molar-refractivity contribution in [3.8, 4) is 0 Å². The van der Waals surface area contributed by atoms with Gasteiger partial charge in [0.1, 0.15) is 12.2 Å². The molecular weight excluding hydrogens is 1260 g/mol. The van der Waals surface area contributed by atoms with Gasteiger partial charge in [0.15, 0.2) is 0 Å². The first-order valence-electron chi connectivity index (χ1n) is 32.4. The third kappa shape index (κ3) is 14.4. The van der Waals surface area contributed by atoms with Gasteiger partial charge in [-0.05, 0) is 173 Å². The number of hydrogen-bond donors (Lipinski definition) is 2. The summed E-state index contributed by atoms with van der Waals surface area (Å²) in [6.45, 7) is 48.6. The maximum absolute atomic E-state index is 18.4. The van der Waals surface area contributed by atoms with E-state index in [0.29, 0.717) is 11.1 Å². The van der Waals surface area contributed by atoms with E-state index >= 15 is 8.78 Å². The average molecular weight is 1370 g/mol. The molecule has 0 spiro atoms. The van der Waals surface area contributed by atoms with Gasteiger partial charge in [-0.2, -0.15) is 0 Å². The third-order valence-corrected chi connectivity index (χ3v) is 18.1. The summed E-state index contributed by atoms with van der Waals surface area (Å²) >= 11 is 0.0833. The van der Waals surface area contributed by atoms with E-state index in [1.165, 1.54) is 22.3 Å². The maximum atomic E-state index is 18.4. The first-order valence-corrected chi connectivity index (χ1v) is 39.6. The Morgan fingerprint density at radius 3 is 0.831 bits per heavy atom. The van der Waals surface area contributed by atoms with Gasteiger partial charge in [0.25, 0.3) is 0 Å². The second kappa shape index (κ2) is 24.5. The number of hydrogen-bond acceptors (Lipinski definition) is 2. The molecule has 0 radical (unpaired) electrons. The summed E-state index contributed by atoms with van der Waals surface area (Å²) in [4.78, 5) is 0. The first kappa shape index (κ1) is 69.4. The molecule has 474 valence electrons. The molecule has 89 heavy (non-hydrogen) atoms. The molecule has 7 heteroatoms. The van der Waals surface area contributed by atoms with Crippen molar-refractivity contribution in [2.75, 3.05) is 0 Å². The fourth-order valence-corrected chi connectivity index (χ4v) is 14.0. The number of benzene rings is 6. The van der Waals surface area contributed by atoms with Crippen molar-refractivity contribution in [2.45, 2.75) is 220 Å². The zero-order chi connectivity index (χ0) is 66.2. The number of rotatable bonds is 8. The van der Waals surface area contributed by atoms with Crippen LogP contribution >= 0.6 is 0 Å². The molecule has 0 bridgehead atoms. The van der Waals surface area contributed by atoms with Gasteiger partial charge in [-0.15, -0.1) is 0 Å². The minimum absolute atomic E-state index is 0.0414. The van der Waals surface area contributed by atoms with Gasteiger partial charge in [-0.1, -0.05) is 249 Å². The Hall–Kier alpha value is -5.47. The van der Waals surface area contributed by atoms with E-state index < -0.39 is 23.8 Å². The normalized spacial score (nSPS) is 19.9. The number of aromatic nitrogens is 2. The number of nitrogens with zero attached hydrogens (tertiary/aromatic N) is 2. The summed E-state index contributed by atoms with van der Waals surface area (Å²) in [5.41, 5.74) is 11.8. The van der Waals surface area contributed by atoms with Crippen LogP contribution in [-0.4, -0.2) is 31.6 Å². The Morgan fingerprint density at radius 1 is 0.382 bits per heavy atom. The molecule has 0 fully saturated rings. The van der Waals surface area contributed by atoms with E-state index in [1.807, 2.05) is 72.8 Å². The van der Waals surface area contributed by atoms with Gasteiger partial charge in [-0.25, -0.2) is 8.78 Å². The standard InChI is InChI=1S/2C40H50FNO.2CH3.Hf/c2*1-36(2,3)25-39(10,11)29-23-30(26-15-13-12-14-16-26)35(43)40(41,24-29)42-33-19-17-27(37(4,5)6)21-31(33)32-22-28(38(7,8)9)18-20-34(32)42;;;/h2*12-24,35,43H,25H2,1-11H3;2*1H3;. The number of alkyl halides is 2. The Kier molecular flexibility index (Phi) is 19.1. The van der Waals surface area contributed by atoms with Crippen molar-refractivity contribution in [1.82, 2.24) is 9.13 Å². The van der Waals surface area contributed by atoms with Crippen LogP contribution in [0.4, 0.5) is 8.78 Å². The number of aliphatic hydroxyl groups excluding tert-OH is 2. The number of halogens is 2. The van der Waals surface area contributed by atoms with Crippen LogP contribution < -0.4 is 0 Å².